The quantitative estimate of drug-likeness (QED) is 0.608. The molecule has 0 saturated carbocycles. The van der Waals surface area contributed by atoms with Gasteiger partial charge in [0.1, 0.15) is 0 Å². The van der Waals surface area contributed by atoms with Crippen LogP contribution in [0.5, 0.6) is 0 Å². The molecule has 0 bridgehead atoms. The first-order valence-electron chi connectivity index (χ1n) is 4.57. The summed E-state index contributed by atoms with van der Waals surface area (Å²) in [6, 6.07) is 0. The average Bonchev–Trinajstić information content (AvgIpc) is 2.05. The molecule has 0 aromatic heterocycles. The van der Waals surface area contributed by atoms with Crippen molar-refractivity contribution in [1.82, 2.24) is 10.6 Å². The number of rotatable bonds is 0. The lowest BCUT2D eigenvalue weighted by atomic mass is 10.6. The van der Waals surface area contributed by atoms with Crippen molar-refractivity contribution in [3.8, 4) is 0 Å². The minimum atomic E-state index is 1.17. The zero-order chi connectivity index (χ0) is 8.49. The molecule has 1 saturated heterocycles. The second-order valence-electron chi connectivity index (χ2n) is 2.72. The number of hydrogen-bond acceptors (Lipinski definition) is 4. The van der Waals surface area contributed by atoms with E-state index < -0.39 is 0 Å². The first-order valence-corrected chi connectivity index (χ1v) is 6.88. The summed E-state index contributed by atoms with van der Waals surface area (Å²) in [5.74, 6) is 5.03. The molecule has 1 fully saturated rings. The van der Waals surface area contributed by atoms with Gasteiger partial charge in [-0.3, -0.25) is 0 Å². The van der Waals surface area contributed by atoms with Crippen LogP contribution in [0.25, 0.3) is 0 Å². The van der Waals surface area contributed by atoms with Crippen molar-refractivity contribution in [2.24, 2.45) is 0 Å². The van der Waals surface area contributed by atoms with Crippen LogP contribution in [0.3, 0.4) is 0 Å². The summed E-state index contributed by atoms with van der Waals surface area (Å²) in [6.45, 7) is 4.69. The highest BCUT2D eigenvalue weighted by molar-refractivity contribution is 7.99. The number of thioether (sulfide) groups is 2. The monoisotopic (exact) mass is 206 g/mol. The molecule has 0 radical (unpaired) electrons. The highest BCUT2D eigenvalue weighted by Crippen LogP contribution is 1.99. The van der Waals surface area contributed by atoms with E-state index in [2.05, 4.69) is 10.6 Å². The average molecular weight is 206 g/mol. The molecule has 2 N–H and O–H groups in total. The molecule has 0 amide bonds. The van der Waals surface area contributed by atoms with Crippen LogP contribution >= 0.6 is 23.5 Å². The predicted molar refractivity (Wildman–Crippen MR) is 60.4 cm³/mol. The second kappa shape index (κ2) is 8.23. The molecule has 0 atom stereocenters. The van der Waals surface area contributed by atoms with Gasteiger partial charge in [-0.2, -0.15) is 23.5 Å². The Hall–Kier alpha value is 0.620. The smallest absolute Gasteiger partial charge is 0.00585 e. The largest absolute Gasteiger partial charge is 0.315 e. The first-order chi connectivity index (χ1) is 6.00. The Kier molecular flexibility index (Phi) is 7.34. The third kappa shape index (κ3) is 6.17. The van der Waals surface area contributed by atoms with Crippen LogP contribution in [0.4, 0.5) is 0 Å². The van der Waals surface area contributed by atoms with Gasteiger partial charge in [0, 0.05) is 49.2 Å². The molecule has 0 aromatic rings. The lowest BCUT2D eigenvalue weighted by Gasteiger charge is -2.08. The molecule has 0 aliphatic carbocycles. The molecule has 0 unspecified atom stereocenters. The zero-order valence-electron chi connectivity index (χ0n) is 7.47. The minimum Gasteiger partial charge on any atom is -0.315 e. The molecule has 0 spiro atoms. The minimum absolute atomic E-state index is 1.17. The van der Waals surface area contributed by atoms with Crippen molar-refractivity contribution in [1.29, 1.82) is 0 Å². The van der Waals surface area contributed by atoms with E-state index in [0.717, 1.165) is 0 Å². The summed E-state index contributed by atoms with van der Waals surface area (Å²) >= 11 is 4.07. The SMILES string of the molecule is C1CSCCNCCSCCN1. The highest BCUT2D eigenvalue weighted by Gasteiger charge is 1.94. The number of hydrogen-bond donors (Lipinski definition) is 2. The third-order valence-corrected chi connectivity index (χ3v) is 3.66. The second-order valence-corrected chi connectivity index (χ2v) is 5.17. The summed E-state index contributed by atoms with van der Waals surface area (Å²) in [5.41, 5.74) is 0. The van der Waals surface area contributed by atoms with E-state index in [-0.39, 0.29) is 0 Å². The first kappa shape index (κ1) is 10.7. The Morgan fingerprint density at radius 3 is 1.25 bits per heavy atom. The van der Waals surface area contributed by atoms with Crippen LogP contribution in [0.15, 0.2) is 0 Å². The van der Waals surface area contributed by atoms with E-state index in [0.29, 0.717) is 0 Å². The fraction of sp³-hybridized carbons (Fsp3) is 1.00. The summed E-state index contributed by atoms with van der Waals surface area (Å²) in [5, 5.41) is 6.88. The molecule has 1 aliphatic rings. The van der Waals surface area contributed by atoms with Gasteiger partial charge in [-0.25, -0.2) is 0 Å². The molecule has 72 valence electrons. The van der Waals surface area contributed by atoms with Crippen LogP contribution in [0, 0.1) is 0 Å². The van der Waals surface area contributed by atoms with E-state index in [1.807, 2.05) is 23.5 Å². The van der Waals surface area contributed by atoms with Crippen molar-refractivity contribution >= 4 is 23.5 Å². The molecular formula is C8H18N2S2. The van der Waals surface area contributed by atoms with E-state index in [1.54, 1.807) is 0 Å². The van der Waals surface area contributed by atoms with Gasteiger partial charge in [0.05, 0.1) is 0 Å². The van der Waals surface area contributed by atoms with Crippen molar-refractivity contribution in [2.45, 2.75) is 0 Å². The van der Waals surface area contributed by atoms with E-state index in [4.69, 9.17) is 0 Å². The highest BCUT2D eigenvalue weighted by atomic mass is 32.2. The molecule has 0 aromatic carbocycles. The van der Waals surface area contributed by atoms with Gasteiger partial charge in [-0.15, -0.1) is 0 Å². The standard InChI is InChI=1S/C8H18N2S2/c1-5-11-7-3-10-4-8-12-6-2-9-1/h9-10H,1-8H2. The van der Waals surface area contributed by atoms with Crippen molar-refractivity contribution in [3.63, 3.8) is 0 Å². The van der Waals surface area contributed by atoms with Gasteiger partial charge in [-0.1, -0.05) is 0 Å². The summed E-state index contributed by atoms with van der Waals surface area (Å²) in [6.07, 6.45) is 0. The predicted octanol–water partition coefficient (Wildman–Crippen LogP) is 0.646. The fourth-order valence-electron chi connectivity index (χ4n) is 1.03. The van der Waals surface area contributed by atoms with E-state index >= 15 is 0 Å². The summed E-state index contributed by atoms with van der Waals surface area (Å²) < 4.78 is 0. The van der Waals surface area contributed by atoms with Gasteiger partial charge in [0.2, 0.25) is 0 Å². The van der Waals surface area contributed by atoms with Gasteiger partial charge >= 0.3 is 0 Å². The Bertz CT molecular complexity index is 58.0. The fourth-order valence-corrected chi connectivity index (χ4v) is 2.59. The maximum Gasteiger partial charge on any atom is 0.00585 e. The Labute approximate surface area is 83.6 Å². The molecular weight excluding hydrogens is 188 g/mol. The zero-order valence-corrected chi connectivity index (χ0v) is 9.11. The Morgan fingerprint density at radius 2 is 0.917 bits per heavy atom. The van der Waals surface area contributed by atoms with Crippen LogP contribution < -0.4 is 10.6 Å². The molecule has 1 aliphatic heterocycles. The Balaban J connectivity index is 2.00. The normalized spacial score (nSPS) is 24.0. The van der Waals surface area contributed by atoms with Gasteiger partial charge in [0.15, 0.2) is 0 Å². The molecule has 1 heterocycles. The topological polar surface area (TPSA) is 24.1 Å². The molecule has 12 heavy (non-hydrogen) atoms. The molecule has 2 nitrogen and oxygen atoms in total. The maximum atomic E-state index is 3.44. The van der Waals surface area contributed by atoms with Crippen molar-refractivity contribution < 1.29 is 0 Å². The van der Waals surface area contributed by atoms with Crippen molar-refractivity contribution in [3.05, 3.63) is 0 Å². The van der Waals surface area contributed by atoms with Crippen LogP contribution in [0.1, 0.15) is 0 Å². The van der Waals surface area contributed by atoms with Gasteiger partial charge in [-0.05, 0) is 0 Å². The lowest BCUT2D eigenvalue weighted by Crippen LogP contribution is -2.24. The van der Waals surface area contributed by atoms with Gasteiger partial charge in [0.25, 0.3) is 0 Å². The maximum absolute atomic E-state index is 3.44. The van der Waals surface area contributed by atoms with Crippen molar-refractivity contribution in [2.75, 3.05) is 49.2 Å². The lowest BCUT2D eigenvalue weighted by molar-refractivity contribution is 0.756. The summed E-state index contributed by atoms with van der Waals surface area (Å²) in [7, 11) is 0. The molecule has 4 heteroatoms. The van der Waals surface area contributed by atoms with Crippen LogP contribution in [-0.2, 0) is 0 Å². The van der Waals surface area contributed by atoms with E-state index in [9.17, 15) is 0 Å². The Morgan fingerprint density at radius 1 is 0.583 bits per heavy atom. The number of nitrogens with one attached hydrogen (secondary N) is 2. The van der Waals surface area contributed by atoms with Gasteiger partial charge < -0.3 is 10.6 Å². The van der Waals surface area contributed by atoms with Crippen LogP contribution in [-0.4, -0.2) is 49.2 Å². The summed E-state index contributed by atoms with van der Waals surface area (Å²) in [4.78, 5) is 0. The third-order valence-electron chi connectivity index (χ3n) is 1.69. The van der Waals surface area contributed by atoms with E-state index in [1.165, 1.54) is 49.2 Å². The molecule has 1 rings (SSSR count). The van der Waals surface area contributed by atoms with Crippen LogP contribution in [0.2, 0.25) is 0 Å².